The first kappa shape index (κ1) is 18.1. The van der Waals surface area contributed by atoms with Crippen LogP contribution >= 0.6 is 11.8 Å². The Morgan fingerprint density at radius 2 is 2.08 bits per heavy atom. The summed E-state index contributed by atoms with van der Waals surface area (Å²) < 4.78 is 6.66. The van der Waals surface area contributed by atoms with Crippen molar-refractivity contribution in [3.63, 3.8) is 0 Å². The lowest BCUT2D eigenvalue weighted by atomic mass is 10.1. The summed E-state index contributed by atoms with van der Waals surface area (Å²) in [6.07, 6.45) is 2.37. The molecule has 3 aromatic rings. The molecular weight excluding hydrogens is 350 g/mol. The third-order valence-corrected chi connectivity index (χ3v) is 5.03. The minimum Gasteiger partial charge on any atom is -0.469 e. The van der Waals surface area contributed by atoms with Crippen molar-refractivity contribution in [1.82, 2.24) is 20.2 Å². The van der Waals surface area contributed by atoms with Crippen LogP contribution in [0.1, 0.15) is 18.2 Å². The van der Waals surface area contributed by atoms with E-state index in [-0.39, 0.29) is 11.2 Å². The van der Waals surface area contributed by atoms with Crippen molar-refractivity contribution in [2.24, 2.45) is 0 Å². The number of nitrogens with one attached hydrogen (secondary N) is 1. The van der Waals surface area contributed by atoms with Gasteiger partial charge in [0, 0.05) is 6.54 Å². The summed E-state index contributed by atoms with van der Waals surface area (Å²) >= 11 is 1.27. The fourth-order valence-corrected chi connectivity index (χ4v) is 3.28. The van der Waals surface area contributed by atoms with Gasteiger partial charge in [0.05, 0.1) is 17.1 Å². The van der Waals surface area contributed by atoms with Crippen LogP contribution in [-0.2, 0) is 11.2 Å². The van der Waals surface area contributed by atoms with Crippen LogP contribution in [0.15, 0.2) is 52.2 Å². The summed E-state index contributed by atoms with van der Waals surface area (Å²) in [5.41, 5.74) is 1.97. The average molecular weight is 371 g/mol. The monoisotopic (exact) mass is 371 g/mol. The Hall–Kier alpha value is -2.74. The molecule has 26 heavy (non-hydrogen) atoms. The first-order chi connectivity index (χ1) is 12.6. The van der Waals surface area contributed by atoms with E-state index in [2.05, 4.69) is 15.5 Å². The number of aromatic nitrogens is 3. The van der Waals surface area contributed by atoms with Gasteiger partial charge in [-0.2, -0.15) is 0 Å². The van der Waals surface area contributed by atoms with Crippen LogP contribution in [0, 0.1) is 6.92 Å². The molecule has 2 heterocycles. The van der Waals surface area contributed by atoms with Crippen molar-refractivity contribution in [3.05, 3.63) is 54.0 Å². The molecule has 3 rings (SSSR count). The zero-order chi connectivity index (χ0) is 18.5. The van der Waals surface area contributed by atoms with Gasteiger partial charge >= 0.3 is 0 Å². The maximum atomic E-state index is 12.3. The summed E-state index contributed by atoms with van der Waals surface area (Å²) in [6, 6.07) is 11.8. The van der Waals surface area contributed by atoms with Crippen molar-refractivity contribution in [2.75, 3.05) is 12.4 Å². The Kier molecular flexibility index (Phi) is 5.62. The van der Waals surface area contributed by atoms with Crippen LogP contribution in [0.4, 0.5) is 0 Å². The van der Waals surface area contributed by atoms with Gasteiger partial charge in [-0.15, -0.1) is 10.2 Å². The first-order valence-electron chi connectivity index (χ1n) is 8.29. The molecule has 1 atom stereocenters. The highest BCUT2D eigenvalue weighted by atomic mass is 32.2. The molecule has 8 heteroatoms. The van der Waals surface area contributed by atoms with E-state index in [1.807, 2.05) is 44.2 Å². The van der Waals surface area contributed by atoms with Gasteiger partial charge in [-0.1, -0.05) is 42.1 Å². The molecule has 0 saturated heterocycles. The minimum atomic E-state index is -0.337. The summed E-state index contributed by atoms with van der Waals surface area (Å²) in [5, 5.41) is 11.3. The average Bonchev–Trinajstić information content (AvgIpc) is 3.21. The molecule has 2 aromatic heterocycles. The number of thioether (sulfide) groups is 1. The number of hydrogen-bond donors (Lipinski definition) is 2. The van der Waals surface area contributed by atoms with E-state index in [0.29, 0.717) is 23.3 Å². The van der Waals surface area contributed by atoms with Gasteiger partial charge in [-0.05, 0) is 31.9 Å². The number of furan rings is 1. The van der Waals surface area contributed by atoms with E-state index in [1.54, 1.807) is 12.3 Å². The molecule has 136 valence electrons. The molecule has 0 spiro atoms. The Bertz CT molecular complexity index is 875. The molecule has 0 fully saturated rings. The Morgan fingerprint density at radius 1 is 1.31 bits per heavy atom. The van der Waals surface area contributed by atoms with Crippen molar-refractivity contribution in [3.8, 4) is 11.4 Å². The standard InChI is InChI=1S/C18H21N5O2S/c1-12-15(9-11-25-12)16-21-22-18(23(16)19)26-13(2)17(24)20-10-8-14-6-4-3-5-7-14/h3-7,9,11,13H,8,10,19H2,1-2H3,(H,20,24). The Balaban J connectivity index is 1.56. The maximum Gasteiger partial charge on any atom is 0.233 e. The highest BCUT2D eigenvalue weighted by Crippen LogP contribution is 2.26. The molecule has 3 N–H and O–H groups in total. The van der Waals surface area contributed by atoms with E-state index >= 15 is 0 Å². The number of benzene rings is 1. The third kappa shape index (κ3) is 4.08. The van der Waals surface area contributed by atoms with Gasteiger partial charge in [0.15, 0.2) is 5.82 Å². The highest BCUT2D eigenvalue weighted by molar-refractivity contribution is 8.00. The van der Waals surface area contributed by atoms with Crippen LogP contribution in [0.3, 0.4) is 0 Å². The zero-order valence-corrected chi connectivity index (χ0v) is 15.5. The lowest BCUT2D eigenvalue weighted by Crippen LogP contribution is -2.32. The summed E-state index contributed by atoms with van der Waals surface area (Å²) in [4.78, 5) is 12.3. The van der Waals surface area contributed by atoms with Crippen molar-refractivity contribution >= 4 is 17.7 Å². The molecule has 1 amide bonds. The number of aryl methyl sites for hydroxylation is 1. The van der Waals surface area contributed by atoms with E-state index in [1.165, 1.54) is 22.0 Å². The van der Waals surface area contributed by atoms with Crippen molar-refractivity contribution in [1.29, 1.82) is 0 Å². The first-order valence-corrected chi connectivity index (χ1v) is 9.17. The van der Waals surface area contributed by atoms with Crippen LogP contribution < -0.4 is 11.2 Å². The van der Waals surface area contributed by atoms with Gasteiger partial charge in [0.1, 0.15) is 5.76 Å². The highest BCUT2D eigenvalue weighted by Gasteiger charge is 2.20. The number of nitrogens with two attached hydrogens (primary N) is 1. The fraction of sp³-hybridized carbons (Fsp3) is 0.278. The summed E-state index contributed by atoms with van der Waals surface area (Å²) in [5.74, 6) is 7.25. The number of amides is 1. The second kappa shape index (κ2) is 8.09. The lowest BCUT2D eigenvalue weighted by molar-refractivity contribution is -0.120. The molecular formula is C18H21N5O2S. The largest absolute Gasteiger partial charge is 0.469 e. The molecule has 0 saturated carbocycles. The number of carbonyl (C=O) groups excluding carboxylic acids is 1. The smallest absolute Gasteiger partial charge is 0.233 e. The number of nitrogens with zero attached hydrogens (tertiary/aromatic N) is 3. The second-order valence-electron chi connectivity index (χ2n) is 5.85. The van der Waals surface area contributed by atoms with E-state index in [4.69, 9.17) is 10.3 Å². The Morgan fingerprint density at radius 3 is 2.77 bits per heavy atom. The molecule has 0 aliphatic rings. The van der Waals surface area contributed by atoms with Gasteiger partial charge in [0.25, 0.3) is 0 Å². The molecule has 1 unspecified atom stereocenters. The summed E-state index contributed by atoms with van der Waals surface area (Å²) in [7, 11) is 0. The van der Waals surface area contributed by atoms with Gasteiger partial charge in [-0.3, -0.25) is 4.79 Å². The van der Waals surface area contributed by atoms with Crippen LogP contribution in [0.5, 0.6) is 0 Å². The molecule has 0 radical (unpaired) electrons. The quantitative estimate of drug-likeness (QED) is 0.489. The van der Waals surface area contributed by atoms with Gasteiger partial charge in [-0.25, -0.2) is 4.68 Å². The molecule has 0 aliphatic heterocycles. The van der Waals surface area contributed by atoms with E-state index < -0.39 is 0 Å². The van der Waals surface area contributed by atoms with Crippen LogP contribution in [0.2, 0.25) is 0 Å². The predicted molar refractivity (Wildman–Crippen MR) is 101 cm³/mol. The van der Waals surface area contributed by atoms with E-state index in [0.717, 1.165) is 12.0 Å². The zero-order valence-electron chi connectivity index (χ0n) is 14.7. The third-order valence-electron chi connectivity index (χ3n) is 3.97. The van der Waals surface area contributed by atoms with Crippen LogP contribution in [0.25, 0.3) is 11.4 Å². The Labute approximate surface area is 156 Å². The lowest BCUT2D eigenvalue weighted by Gasteiger charge is -2.11. The van der Waals surface area contributed by atoms with Gasteiger partial charge in [0.2, 0.25) is 11.1 Å². The number of nitrogen functional groups attached to an aromatic ring is 1. The summed E-state index contributed by atoms with van der Waals surface area (Å²) in [6.45, 7) is 4.24. The van der Waals surface area contributed by atoms with Gasteiger partial charge < -0.3 is 15.6 Å². The predicted octanol–water partition coefficient (Wildman–Crippen LogP) is 2.40. The van der Waals surface area contributed by atoms with E-state index in [9.17, 15) is 4.79 Å². The van der Waals surface area contributed by atoms with Crippen molar-refractivity contribution in [2.45, 2.75) is 30.7 Å². The van der Waals surface area contributed by atoms with Crippen molar-refractivity contribution < 1.29 is 9.21 Å². The number of carbonyl (C=O) groups is 1. The minimum absolute atomic E-state index is 0.0602. The molecule has 7 nitrogen and oxygen atoms in total. The SMILES string of the molecule is Cc1occc1-c1nnc(SC(C)C(=O)NCCc2ccccc2)n1N. The maximum absolute atomic E-state index is 12.3. The normalized spacial score (nSPS) is 12.1. The second-order valence-corrected chi connectivity index (χ2v) is 7.16. The molecule has 0 bridgehead atoms. The number of rotatable bonds is 7. The topological polar surface area (TPSA) is 99.0 Å². The molecule has 1 aromatic carbocycles. The number of hydrogen-bond acceptors (Lipinski definition) is 6. The molecule has 0 aliphatic carbocycles. The fourth-order valence-electron chi connectivity index (χ4n) is 2.49. The van der Waals surface area contributed by atoms with Crippen LogP contribution in [-0.4, -0.2) is 32.6 Å².